The van der Waals surface area contributed by atoms with Crippen LogP contribution in [0.2, 0.25) is 0 Å². The highest BCUT2D eigenvalue weighted by molar-refractivity contribution is 5.67. The van der Waals surface area contributed by atoms with E-state index in [2.05, 4.69) is 0 Å². The number of aliphatic hydroxyl groups excluding tert-OH is 2. The first-order valence-electron chi connectivity index (χ1n) is 11.0. The fraction of sp³-hybridized carbons (Fsp3) is 0.385. The maximum atomic E-state index is 12.8. The molecule has 0 saturated heterocycles. The van der Waals surface area contributed by atoms with Crippen molar-refractivity contribution < 1.29 is 41.7 Å². The number of allylic oxidation sites excluding steroid dienone is 3. The summed E-state index contributed by atoms with van der Waals surface area (Å²) in [6, 6.07) is 14.5. The van der Waals surface area contributed by atoms with Crippen LogP contribution in [0.1, 0.15) is 48.1 Å². The Kier molecular flexibility index (Phi) is 9.71. The van der Waals surface area contributed by atoms with E-state index in [0.29, 0.717) is 42.0 Å². The molecular weight excluding hydrogens is 474 g/mol. The molecule has 0 aliphatic heterocycles. The Balaban J connectivity index is 2.15. The Morgan fingerprint density at radius 3 is 2.06 bits per heavy atom. The number of halogens is 6. The van der Waals surface area contributed by atoms with Gasteiger partial charge in [0.25, 0.3) is 5.60 Å². The van der Waals surface area contributed by atoms with Gasteiger partial charge < -0.3 is 15.3 Å². The zero-order valence-corrected chi connectivity index (χ0v) is 19.1. The molecule has 35 heavy (non-hydrogen) atoms. The zero-order chi connectivity index (χ0) is 26.3. The number of rotatable bonds is 10. The summed E-state index contributed by atoms with van der Waals surface area (Å²) in [5, 5.41) is 28.1. The minimum atomic E-state index is -5.91. The number of alkyl halides is 6. The first kappa shape index (κ1) is 28.6. The molecule has 1 unspecified atom stereocenters. The lowest BCUT2D eigenvalue weighted by molar-refractivity contribution is -0.347. The lowest BCUT2D eigenvalue weighted by Gasteiger charge is -2.29. The van der Waals surface area contributed by atoms with Crippen molar-refractivity contribution in [2.75, 3.05) is 6.61 Å². The molecule has 0 heterocycles. The van der Waals surface area contributed by atoms with E-state index in [9.17, 15) is 36.6 Å². The number of aryl methyl sites for hydroxylation is 2. The summed E-state index contributed by atoms with van der Waals surface area (Å²) in [4.78, 5) is 0. The smallest absolute Gasteiger partial charge is 0.396 e. The normalized spacial score (nSPS) is 14.5. The Morgan fingerprint density at radius 1 is 0.914 bits per heavy atom. The lowest BCUT2D eigenvalue weighted by Crippen LogP contribution is -2.55. The molecule has 3 nitrogen and oxygen atoms in total. The van der Waals surface area contributed by atoms with E-state index in [0.717, 1.165) is 17.2 Å². The summed E-state index contributed by atoms with van der Waals surface area (Å²) in [5.41, 5.74) is -1.11. The molecule has 0 bridgehead atoms. The zero-order valence-electron chi connectivity index (χ0n) is 19.1. The van der Waals surface area contributed by atoms with Crippen LogP contribution >= 0.6 is 0 Å². The van der Waals surface area contributed by atoms with E-state index in [1.165, 1.54) is 0 Å². The third-order valence-corrected chi connectivity index (χ3v) is 5.65. The summed E-state index contributed by atoms with van der Waals surface area (Å²) in [5.74, 6) is 0. The molecule has 0 saturated carbocycles. The summed E-state index contributed by atoms with van der Waals surface area (Å²) in [7, 11) is 0. The Bertz CT molecular complexity index is 993. The first-order chi connectivity index (χ1) is 16.3. The van der Waals surface area contributed by atoms with E-state index in [4.69, 9.17) is 5.11 Å². The van der Waals surface area contributed by atoms with Gasteiger partial charge in [-0.05, 0) is 53.2 Å². The van der Waals surface area contributed by atoms with Gasteiger partial charge in [-0.3, -0.25) is 0 Å². The second-order valence-electron chi connectivity index (χ2n) is 8.14. The predicted molar refractivity (Wildman–Crippen MR) is 121 cm³/mol. The molecule has 2 rings (SSSR count). The van der Waals surface area contributed by atoms with Crippen molar-refractivity contribution in [1.29, 1.82) is 0 Å². The topological polar surface area (TPSA) is 60.7 Å². The van der Waals surface area contributed by atoms with Crippen LogP contribution in [-0.2, 0) is 12.8 Å². The number of hydrogen-bond donors (Lipinski definition) is 3. The van der Waals surface area contributed by atoms with E-state index >= 15 is 0 Å². The first-order valence-corrected chi connectivity index (χ1v) is 11.0. The average Bonchev–Trinajstić information content (AvgIpc) is 2.79. The quantitative estimate of drug-likeness (QED) is 0.272. The average molecular weight is 502 g/mol. The summed E-state index contributed by atoms with van der Waals surface area (Å²) in [6.45, 7) is 1.60. The van der Waals surface area contributed by atoms with Gasteiger partial charge in [-0.1, -0.05) is 67.6 Å². The molecule has 2 aromatic rings. The number of aliphatic hydroxyl groups is 3. The van der Waals surface area contributed by atoms with Gasteiger partial charge in [0.1, 0.15) is 0 Å². The SMILES string of the molecule is CC/C(=C\C=C\C(O)(C(F)(F)F)C(F)(F)F)c1cccc(CCc2ccc(C(O)CCO)cc2)c1. The van der Waals surface area contributed by atoms with Crippen molar-refractivity contribution in [3.63, 3.8) is 0 Å². The summed E-state index contributed by atoms with van der Waals surface area (Å²) < 4.78 is 77.0. The van der Waals surface area contributed by atoms with E-state index < -0.39 is 24.1 Å². The van der Waals surface area contributed by atoms with Crippen LogP contribution in [0, 0.1) is 0 Å². The lowest BCUT2D eigenvalue weighted by atomic mass is 9.96. The Hall–Kier alpha value is -2.62. The molecule has 0 spiro atoms. The molecule has 0 aliphatic rings. The van der Waals surface area contributed by atoms with Crippen LogP contribution in [-0.4, -0.2) is 39.9 Å². The molecule has 9 heteroatoms. The van der Waals surface area contributed by atoms with Crippen LogP contribution in [0.25, 0.3) is 5.57 Å². The highest BCUT2D eigenvalue weighted by Gasteiger charge is 2.68. The monoisotopic (exact) mass is 502 g/mol. The van der Waals surface area contributed by atoms with Gasteiger partial charge in [-0.25, -0.2) is 0 Å². The van der Waals surface area contributed by atoms with Gasteiger partial charge in [0.15, 0.2) is 0 Å². The van der Waals surface area contributed by atoms with Gasteiger partial charge in [-0.2, -0.15) is 26.3 Å². The van der Waals surface area contributed by atoms with Crippen molar-refractivity contribution in [2.24, 2.45) is 0 Å². The molecule has 1 atom stereocenters. The van der Waals surface area contributed by atoms with Gasteiger partial charge in [-0.15, -0.1) is 0 Å². The van der Waals surface area contributed by atoms with Crippen LogP contribution in [0.15, 0.2) is 66.8 Å². The predicted octanol–water partition coefficient (Wildman–Crippen LogP) is 6.09. The molecule has 0 fully saturated rings. The van der Waals surface area contributed by atoms with Crippen LogP contribution in [0.3, 0.4) is 0 Å². The summed E-state index contributed by atoms with van der Waals surface area (Å²) >= 11 is 0. The van der Waals surface area contributed by atoms with Gasteiger partial charge in [0.2, 0.25) is 0 Å². The van der Waals surface area contributed by atoms with Gasteiger partial charge >= 0.3 is 12.4 Å². The van der Waals surface area contributed by atoms with Crippen molar-refractivity contribution in [2.45, 2.75) is 56.7 Å². The molecule has 0 aromatic heterocycles. The number of benzene rings is 2. The summed E-state index contributed by atoms with van der Waals surface area (Å²) in [6.07, 6.45) is -9.19. The highest BCUT2D eigenvalue weighted by Crippen LogP contribution is 2.44. The molecule has 0 amide bonds. The molecule has 2 aromatic carbocycles. The fourth-order valence-corrected chi connectivity index (χ4v) is 3.48. The second-order valence-corrected chi connectivity index (χ2v) is 8.14. The van der Waals surface area contributed by atoms with Gasteiger partial charge in [0, 0.05) is 13.0 Å². The van der Waals surface area contributed by atoms with E-state index in [1.54, 1.807) is 31.2 Å². The third kappa shape index (κ3) is 7.43. The Labute approximate surface area is 200 Å². The highest BCUT2D eigenvalue weighted by atomic mass is 19.4. The largest absolute Gasteiger partial charge is 0.430 e. The second kappa shape index (κ2) is 11.9. The molecular formula is C26H28F6O3. The van der Waals surface area contributed by atoms with E-state index in [-0.39, 0.29) is 19.1 Å². The van der Waals surface area contributed by atoms with Crippen LogP contribution in [0.4, 0.5) is 26.3 Å². The van der Waals surface area contributed by atoms with Crippen molar-refractivity contribution >= 4 is 5.57 Å². The van der Waals surface area contributed by atoms with E-state index in [1.807, 2.05) is 24.3 Å². The minimum absolute atomic E-state index is 0.116. The van der Waals surface area contributed by atoms with Crippen LogP contribution in [0.5, 0.6) is 0 Å². The third-order valence-electron chi connectivity index (χ3n) is 5.65. The molecule has 192 valence electrons. The Morgan fingerprint density at radius 2 is 1.51 bits per heavy atom. The maximum absolute atomic E-state index is 12.8. The molecule has 3 N–H and O–H groups in total. The minimum Gasteiger partial charge on any atom is -0.396 e. The van der Waals surface area contributed by atoms with Crippen LogP contribution < -0.4 is 0 Å². The fourth-order valence-electron chi connectivity index (χ4n) is 3.48. The maximum Gasteiger partial charge on any atom is 0.430 e. The standard InChI is InChI=1S/C26H28F6O3/c1-2-20(7-4-15-24(35,25(27,28)29)26(30,31)32)22-6-3-5-19(17-22)9-8-18-10-12-21(13-11-18)23(34)14-16-33/h3-7,10-13,15,17,23,33-35H,2,8-9,14,16H2,1H3/b15-4+,20-7+. The van der Waals surface area contributed by atoms with Crippen molar-refractivity contribution in [1.82, 2.24) is 0 Å². The van der Waals surface area contributed by atoms with Crippen molar-refractivity contribution in [3.8, 4) is 0 Å². The van der Waals surface area contributed by atoms with Crippen molar-refractivity contribution in [3.05, 3.63) is 89.0 Å². The molecule has 0 aliphatic carbocycles. The van der Waals surface area contributed by atoms with Gasteiger partial charge in [0.05, 0.1) is 6.10 Å². The number of hydrogen-bond acceptors (Lipinski definition) is 3. The molecule has 0 radical (unpaired) electrons.